The number of carbonyl (C=O) groups excluding carboxylic acids is 1. The second kappa shape index (κ2) is 8.81. The lowest BCUT2D eigenvalue weighted by molar-refractivity contribution is -0.134. The summed E-state index contributed by atoms with van der Waals surface area (Å²) in [5.41, 5.74) is 2.76. The Morgan fingerprint density at radius 3 is 2.97 bits per heavy atom. The maximum absolute atomic E-state index is 12.2. The SMILES string of the molecule is COCC(=O)N(C)Cc1cc2nc(-c3cccc4[nH]ncc34)nc(N3CCOCC3)c2s1. The smallest absolute Gasteiger partial charge is 0.248 e. The Labute approximate surface area is 189 Å². The molecule has 1 aromatic carbocycles. The minimum Gasteiger partial charge on any atom is -0.378 e. The molecule has 1 fully saturated rings. The van der Waals surface area contributed by atoms with Crippen molar-refractivity contribution in [3.8, 4) is 11.4 Å². The molecule has 9 nitrogen and oxygen atoms in total. The van der Waals surface area contributed by atoms with Crippen molar-refractivity contribution in [2.45, 2.75) is 6.54 Å². The van der Waals surface area contributed by atoms with Crippen molar-refractivity contribution in [1.29, 1.82) is 0 Å². The molecule has 1 aliphatic heterocycles. The molecule has 0 aliphatic carbocycles. The number of morpholine rings is 1. The van der Waals surface area contributed by atoms with Crippen LogP contribution in [0.5, 0.6) is 0 Å². The molecule has 0 unspecified atom stereocenters. The monoisotopic (exact) mass is 452 g/mol. The van der Waals surface area contributed by atoms with E-state index >= 15 is 0 Å². The van der Waals surface area contributed by atoms with Crippen molar-refractivity contribution in [3.63, 3.8) is 0 Å². The predicted octanol–water partition coefficient (Wildman–Crippen LogP) is 2.68. The van der Waals surface area contributed by atoms with Gasteiger partial charge in [-0.2, -0.15) is 5.10 Å². The molecular weight excluding hydrogens is 428 g/mol. The third-order valence-corrected chi connectivity index (χ3v) is 6.63. The number of anilines is 1. The molecule has 1 amide bonds. The summed E-state index contributed by atoms with van der Waals surface area (Å²) in [6.07, 6.45) is 1.81. The number of methoxy groups -OCH3 is 1. The Bertz CT molecular complexity index is 1260. The molecular formula is C22H24N6O3S. The van der Waals surface area contributed by atoms with Gasteiger partial charge in [0.1, 0.15) is 6.61 Å². The standard InChI is InChI=1S/C22H24N6O3S/c1-27(19(29)13-30-2)12-14-10-18-20(32-14)22(28-6-8-31-9-7-28)25-21(24-18)15-4-3-5-17-16(15)11-23-26-17/h3-5,10-11H,6-9,12-13H2,1-2H3,(H,23,26). The summed E-state index contributed by atoms with van der Waals surface area (Å²) in [5, 5.41) is 8.18. The van der Waals surface area contributed by atoms with Crippen LogP contribution in [0.15, 0.2) is 30.5 Å². The number of fused-ring (bicyclic) bond motifs is 2. The van der Waals surface area contributed by atoms with Crippen LogP contribution in [0.4, 0.5) is 5.82 Å². The summed E-state index contributed by atoms with van der Waals surface area (Å²) in [6.45, 7) is 3.47. The number of nitrogens with one attached hydrogen (secondary N) is 1. The Kier molecular flexibility index (Phi) is 5.73. The maximum Gasteiger partial charge on any atom is 0.248 e. The number of hydrogen-bond acceptors (Lipinski definition) is 8. The molecule has 0 atom stereocenters. The summed E-state index contributed by atoms with van der Waals surface area (Å²) < 4.78 is 11.6. The van der Waals surface area contributed by atoms with E-state index in [1.165, 1.54) is 7.11 Å². The van der Waals surface area contributed by atoms with E-state index in [0.29, 0.717) is 25.6 Å². The first kappa shape index (κ1) is 20.8. The number of H-pyrrole nitrogens is 1. The number of likely N-dealkylation sites (N-methyl/N-ethyl adjacent to an activating group) is 1. The van der Waals surface area contributed by atoms with Gasteiger partial charge in [-0.3, -0.25) is 9.89 Å². The zero-order valence-electron chi connectivity index (χ0n) is 18.0. The molecule has 1 saturated heterocycles. The number of nitrogens with zero attached hydrogens (tertiary/aromatic N) is 5. The fourth-order valence-corrected chi connectivity index (χ4v) is 5.04. The highest BCUT2D eigenvalue weighted by molar-refractivity contribution is 7.19. The zero-order chi connectivity index (χ0) is 22.1. The van der Waals surface area contributed by atoms with E-state index in [-0.39, 0.29) is 12.5 Å². The number of amides is 1. The minimum absolute atomic E-state index is 0.0585. The fraction of sp³-hybridized carbons (Fsp3) is 0.364. The van der Waals surface area contributed by atoms with E-state index < -0.39 is 0 Å². The van der Waals surface area contributed by atoms with Crippen molar-refractivity contribution in [2.75, 3.05) is 52.0 Å². The van der Waals surface area contributed by atoms with Crippen molar-refractivity contribution in [2.24, 2.45) is 0 Å². The number of benzene rings is 1. The zero-order valence-corrected chi connectivity index (χ0v) is 18.8. The van der Waals surface area contributed by atoms with Gasteiger partial charge in [0.15, 0.2) is 11.6 Å². The van der Waals surface area contributed by atoms with Gasteiger partial charge in [-0.15, -0.1) is 11.3 Å². The summed E-state index contributed by atoms with van der Waals surface area (Å²) in [7, 11) is 3.31. The quantitative estimate of drug-likeness (QED) is 0.480. The van der Waals surface area contributed by atoms with Crippen LogP contribution in [0.25, 0.3) is 32.5 Å². The van der Waals surface area contributed by atoms with E-state index in [1.54, 1.807) is 23.3 Å². The van der Waals surface area contributed by atoms with Gasteiger partial charge in [0, 0.05) is 43.1 Å². The first-order chi connectivity index (χ1) is 15.6. The van der Waals surface area contributed by atoms with Gasteiger partial charge in [-0.1, -0.05) is 12.1 Å². The number of rotatable bonds is 6. The Morgan fingerprint density at radius 1 is 1.31 bits per heavy atom. The van der Waals surface area contributed by atoms with Gasteiger partial charge < -0.3 is 19.3 Å². The van der Waals surface area contributed by atoms with Crippen LogP contribution in [0.1, 0.15) is 4.88 Å². The van der Waals surface area contributed by atoms with Crippen LogP contribution in [0.2, 0.25) is 0 Å². The highest BCUT2D eigenvalue weighted by Crippen LogP contribution is 2.36. The first-order valence-electron chi connectivity index (χ1n) is 10.4. The summed E-state index contributed by atoms with van der Waals surface area (Å²) in [5.74, 6) is 1.52. The Morgan fingerprint density at radius 2 is 2.16 bits per heavy atom. The molecule has 3 aromatic heterocycles. The predicted molar refractivity (Wildman–Crippen MR) is 124 cm³/mol. The number of thiophene rings is 1. The second-order valence-corrected chi connectivity index (χ2v) is 8.85. The molecule has 166 valence electrons. The normalized spacial score (nSPS) is 14.4. The number of aromatic nitrogens is 4. The van der Waals surface area contributed by atoms with Crippen LogP contribution >= 0.6 is 11.3 Å². The molecule has 0 spiro atoms. The summed E-state index contributed by atoms with van der Waals surface area (Å²) in [4.78, 5) is 27.1. The van der Waals surface area contributed by atoms with Gasteiger partial charge in [-0.25, -0.2) is 9.97 Å². The number of aromatic amines is 1. The molecule has 5 rings (SSSR count). The van der Waals surface area contributed by atoms with Gasteiger partial charge in [0.25, 0.3) is 0 Å². The van der Waals surface area contributed by atoms with Crippen molar-refractivity contribution < 1.29 is 14.3 Å². The second-order valence-electron chi connectivity index (χ2n) is 7.72. The molecule has 10 heteroatoms. The van der Waals surface area contributed by atoms with Gasteiger partial charge in [0.2, 0.25) is 5.91 Å². The number of hydrogen-bond donors (Lipinski definition) is 1. The van der Waals surface area contributed by atoms with Crippen LogP contribution in [-0.4, -0.2) is 78.0 Å². The molecule has 1 N–H and O–H groups in total. The molecule has 0 radical (unpaired) electrons. The summed E-state index contributed by atoms with van der Waals surface area (Å²) >= 11 is 1.63. The van der Waals surface area contributed by atoms with E-state index in [4.69, 9.17) is 19.4 Å². The Hall–Kier alpha value is -3.08. The maximum atomic E-state index is 12.2. The van der Waals surface area contributed by atoms with E-state index in [2.05, 4.69) is 21.2 Å². The third kappa shape index (κ3) is 3.92. The topological polar surface area (TPSA) is 96.5 Å². The molecule has 4 heterocycles. The van der Waals surface area contributed by atoms with Gasteiger partial charge in [0.05, 0.1) is 41.7 Å². The van der Waals surface area contributed by atoms with E-state index in [0.717, 1.165) is 50.5 Å². The first-order valence-corrected chi connectivity index (χ1v) is 11.2. The van der Waals surface area contributed by atoms with E-state index in [1.807, 2.05) is 24.4 Å². The van der Waals surface area contributed by atoms with Crippen molar-refractivity contribution in [3.05, 3.63) is 35.3 Å². The average Bonchev–Trinajstić information content (AvgIpc) is 3.45. The lowest BCUT2D eigenvalue weighted by Gasteiger charge is -2.28. The van der Waals surface area contributed by atoms with E-state index in [9.17, 15) is 4.79 Å². The van der Waals surface area contributed by atoms with Crippen LogP contribution in [-0.2, 0) is 20.8 Å². The van der Waals surface area contributed by atoms with Gasteiger partial charge in [-0.05, 0) is 12.1 Å². The Balaban J connectivity index is 1.60. The highest BCUT2D eigenvalue weighted by Gasteiger charge is 2.21. The van der Waals surface area contributed by atoms with Gasteiger partial charge >= 0.3 is 0 Å². The molecule has 32 heavy (non-hydrogen) atoms. The van der Waals surface area contributed by atoms with Crippen LogP contribution in [0.3, 0.4) is 0 Å². The molecule has 4 aromatic rings. The largest absolute Gasteiger partial charge is 0.378 e. The van der Waals surface area contributed by atoms with Crippen molar-refractivity contribution in [1.82, 2.24) is 25.1 Å². The highest BCUT2D eigenvalue weighted by atomic mass is 32.1. The lowest BCUT2D eigenvalue weighted by atomic mass is 10.1. The molecule has 0 saturated carbocycles. The fourth-order valence-electron chi connectivity index (χ4n) is 3.87. The lowest BCUT2D eigenvalue weighted by Crippen LogP contribution is -2.36. The third-order valence-electron chi connectivity index (χ3n) is 5.53. The number of ether oxygens (including phenoxy) is 2. The minimum atomic E-state index is -0.0585. The molecule has 0 bridgehead atoms. The summed E-state index contributed by atoms with van der Waals surface area (Å²) in [6, 6.07) is 8.05. The van der Waals surface area contributed by atoms with Crippen molar-refractivity contribution >= 4 is 44.2 Å². The van der Waals surface area contributed by atoms with Crippen LogP contribution in [0, 0.1) is 0 Å². The average molecular weight is 453 g/mol. The number of carbonyl (C=O) groups is 1. The van der Waals surface area contributed by atoms with Crippen LogP contribution < -0.4 is 4.90 Å². The molecule has 1 aliphatic rings.